The standard InChI is InChI=1S/C20H15F3N4O5S2/c1-3-6-26-14-5-4-10(20(21,22)23)7-11(14)15(16(26)17(28)25-34(2,31)32)27-18(29)12-8-33-9-13(12)24-19(27)30/h3-5,7-9H,1,6H2,2H3,(H,24,30)(H,25,28). The lowest BCUT2D eigenvalue weighted by Gasteiger charge is -2.11. The van der Waals surface area contributed by atoms with Crippen molar-refractivity contribution in [3.63, 3.8) is 0 Å². The van der Waals surface area contributed by atoms with E-state index in [0.717, 1.165) is 23.5 Å². The van der Waals surface area contributed by atoms with Gasteiger partial charge in [0.2, 0.25) is 10.0 Å². The number of aromatic amines is 1. The van der Waals surface area contributed by atoms with Gasteiger partial charge >= 0.3 is 11.9 Å². The molecule has 178 valence electrons. The summed E-state index contributed by atoms with van der Waals surface area (Å²) in [6.07, 6.45) is -2.73. The van der Waals surface area contributed by atoms with Crippen LogP contribution in [0.1, 0.15) is 16.1 Å². The van der Waals surface area contributed by atoms with Crippen molar-refractivity contribution in [2.75, 3.05) is 6.26 Å². The molecule has 9 nitrogen and oxygen atoms in total. The van der Waals surface area contributed by atoms with E-state index >= 15 is 0 Å². The molecule has 1 aromatic carbocycles. The fourth-order valence-electron chi connectivity index (χ4n) is 3.65. The molecule has 0 radical (unpaired) electrons. The highest BCUT2D eigenvalue weighted by Gasteiger charge is 2.33. The first-order valence-corrected chi connectivity index (χ1v) is 12.2. The van der Waals surface area contributed by atoms with E-state index in [9.17, 15) is 36.0 Å². The van der Waals surface area contributed by atoms with Crippen LogP contribution in [-0.2, 0) is 22.7 Å². The number of hydrogen-bond acceptors (Lipinski definition) is 6. The van der Waals surface area contributed by atoms with Gasteiger partial charge in [-0.3, -0.25) is 9.59 Å². The van der Waals surface area contributed by atoms with Gasteiger partial charge in [0, 0.05) is 22.7 Å². The highest BCUT2D eigenvalue weighted by atomic mass is 32.2. The van der Waals surface area contributed by atoms with Crippen LogP contribution < -0.4 is 16.0 Å². The minimum absolute atomic E-state index is 0.0540. The molecule has 2 N–H and O–H groups in total. The second-order valence-corrected chi connectivity index (χ2v) is 9.79. The van der Waals surface area contributed by atoms with E-state index in [-0.39, 0.29) is 28.4 Å². The van der Waals surface area contributed by atoms with Gasteiger partial charge in [-0.15, -0.1) is 17.9 Å². The molecule has 0 aliphatic heterocycles. The zero-order valence-corrected chi connectivity index (χ0v) is 18.9. The van der Waals surface area contributed by atoms with Gasteiger partial charge in [0.15, 0.2) is 0 Å². The molecule has 4 rings (SSSR count). The molecule has 0 aliphatic rings. The summed E-state index contributed by atoms with van der Waals surface area (Å²) in [6, 6.07) is 2.55. The molecule has 34 heavy (non-hydrogen) atoms. The first kappa shape index (κ1) is 23.5. The number of carbonyl (C=O) groups is 1. The van der Waals surface area contributed by atoms with E-state index in [4.69, 9.17) is 0 Å². The summed E-state index contributed by atoms with van der Waals surface area (Å²) in [4.78, 5) is 41.6. The third kappa shape index (κ3) is 3.94. The molecule has 0 spiro atoms. The normalized spacial score (nSPS) is 12.4. The lowest BCUT2D eigenvalue weighted by molar-refractivity contribution is -0.137. The average molecular weight is 512 g/mol. The molecule has 0 fully saturated rings. The number of aromatic nitrogens is 3. The van der Waals surface area contributed by atoms with Crippen LogP contribution in [0.5, 0.6) is 0 Å². The third-order valence-electron chi connectivity index (χ3n) is 4.93. The Bertz CT molecular complexity index is 1710. The lowest BCUT2D eigenvalue weighted by Crippen LogP contribution is -2.37. The molecule has 0 atom stereocenters. The summed E-state index contributed by atoms with van der Waals surface area (Å²) in [5.74, 6) is -1.24. The van der Waals surface area contributed by atoms with Gasteiger partial charge < -0.3 is 9.55 Å². The summed E-state index contributed by atoms with van der Waals surface area (Å²) >= 11 is 1.11. The predicted octanol–water partition coefficient (Wildman–Crippen LogP) is 2.59. The number of carbonyl (C=O) groups excluding carboxylic acids is 1. The van der Waals surface area contributed by atoms with Crippen molar-refractivity contribution in [1.29, 1.82) is 0 Å². The minimum Gasteiger partial charge on any atom is -0.331 e. The molecule has 3 aromatic heterocycles. The van der Waals surface area contributed by atoms with Gasteiger partial charge in [0.1, 0.15) is 5.69 Å². The number of fused-ring (bicyclic) bond motifs is 2. The van der Waals surface area contributed by atoms with Crippen molar-refractivity contribution in [1.82, 2.24) is 18.8 Å². The van der Waals surface area contributed by atoms with Crippen LogP contribution in [0.4, 0.5) is 13.2 Å². The largest absolute Gasteiger partial charge is 0.416 e. The van der Waals surface area contributed by atoms with E-state index in [1.54, 1.807) is 4.72 Å². The first-order chi connectivity index (χ1) is 15.8. The van der Waals surface area contributed by atoms with Crippen molar-refractivity contribution in [3.05, 3.63) is 73.7 Å². The number of allylic oxidation sites excluding steroid dienone is 1. The quantitative estimate of drug-likeness (QED) is 0.398. The lowest BCUT2D eigenvalue weighted by atomic mass is 10.1. The second-order valence-electron chi connectivity index (χ2n) is 7.30. The summed E-state index contributed by atoms with van der Waals surface area (Å²) in [5.41, 5.74) is -3.70. The number of amides is 1. The summed E-state index contributed by atoms with van der Waals surface area (Å²) in [5, 5.41) is 2.75. The van der Waals surface area contributed by atoms with Crippen molar-refractivity contribution < 1.29 is 26.4 Å². The van der Waals surface area contributed by atoms with Crippen molar-refractivity contribution in [2.24, 2.45) is 0 Å². The topological polar surface area (TPSA) is 123 Å². The third-order valence-corrected chi connectivity index (χ3v) is 6.23. The number of alkyl halides is 3. The van der Waals surface area contributed by atoms with Gasteiger partial charge in [0.25, 0.3) is 11.5 Å². The maximum atomic E-state index is 13.5. The predicted molar refractivity (Wildman–Crippen MR) is 121 cm³/mol. The Morgan fingerprint density at radius 1 is 1.24 bits per heavy atom. The van der Waals surface area contributed by atoms with Gasteiger partial charge in [0.05, 0.1) is 33.9 Å². The molecule has 0 bridgehead atoms. The van der Waals surface area contributed by atoms with Crippen LogP contribution in [0.3, 0.4) is 0 Å². The highest BCUT2D eigenvalue weighted by molar-refractivity contribution is 7.89. The molecule has 1 amide bonds. The number of H-pyrrole nitrogens is 1. The number of hydrogen-bond donors (Lipinski definition) is 2. The Labute approximate surface area is 192 Å². The number of thiophene rings is 1. The van der Waals surface area contributed by atoms with E-state index in [0.29, 0.717) is 16.9 Å². The Morgan fingerprint density at radius 2 is 1.94 bits per heavy atom. The molecular weight excluding hydrogens is 497 g/mol. The minimum atomic E-state index is -4.77. The van der Waals surface area contributed by atoms with Gasteiger partial charge in [-0.25, -0.2) is 22.5 Å². The van der Waals surface area contributed by atoms with Crippen LogP contribution >= 0.6 is 11.3 Å². The van der Waals surface area contributed by atoms with Crippen LogP contribution in [0.2, 0.25) is 0 Å². The van der Waals surface area contributed by atoms with Crippen molar-refractivity contribution >= 4 is 49.1 Å². The highest BCUT2D eigenvalue weighted by Crippen LogP contribution is 2.36. The number of sulfonamides is 1. The van der Waals surface area contributed by atoms with Crippen LogP contribution in [0, 0.1) is 0 Å². The fourth-order valence-corrected chi connectivity index (χ4v) is 4.84. The van der Waals surface area contributed by atoms with E-state index < -0.39 is 50.3 Å². The van der Waals surface area contributed by atoms with Crippen LogP contribution in [-0.4, -0.2) is 34.7 Å². The SMILES string of the molecule is C=CCn1c(C(=O)NS(C)(=O)=O)c(-n2c(=O)[nH]c3cscc3c2=O)c2cc(C(F)(F)F)ccc21. The number of rotatable bonds is 5. The summed E-state index contributed by atoms with van der Waals surface area (Å²) in [7, 11) is -4.11. The van der Waals surface area contributed by atoms with Crippen molar-refractivity contribution in [2.45, 2.75) is 12.7 Å². The maximum Gasteiger partial charge on any atom is 0.416 e. The van der Waals surface area contributed by atoms with Gasteiger partial charge in [-0.1, -0.05) is 6.08 Å². The van der Waals surface area contributed by atoms with Gasteiger partial charge in [-0.2, -0.15) is 13.2 Å². The van der Waals surface area contributed by atoms with Crippen molar-refractivity contribution in [3.8, 4) is 5.69 Å². The number of halogens is 3. The summed E-state index contributed by atoms with van der Waals surface area (Å²) < 4.78 is 67.5. The smallest absolute Gasteiger partial charge is 0.331 e. The Morgan fingerprint density at radius 3 is 2.56 bits per heavy atom. The maximum absolute atomic E-state index is 13.5. The first-order valence-electron chi connectivity index (χ1n) is 9.41. The zero-order chi connectivity index (χ0) is 25.0. The number of nitrogens with one attached hydrogen (secondary N) is 2. The molecule has 4 aromatic rings. The Balaban J connectivity index is 2.23. The summed E-state index contributed by atoms with van der Waals surface area (Å²) in [6.45, 7) is 3.42. The van der Waals surface area contributed by atoms with Crippen LogP contribution in [0.15, 0.2) is 51.2 Å². The average Bonchev–Trinajstić information content (AvgIpc) is 3.29. The fraction of sp³-hybridized carbons (Fsp3) is 0.150. The number of nitrogens with zero attached hydrogens (tertiary/aromatic N) is 2. The second kappa shape index (κ2) is 7.99. The molecule has 0 unspecified atom stereocenters. The van der Waals surface area contributed by atoms with E-state index in [1.165, 1.54) is 21.4 Å². The molecule has 3 heterocycles. The monoisotopic (exact) mass is 512 g/mol. The molecule has 14 heteroatoms. The van der Waals surface area contributed by atoms with Gasteiger partial charge in [-0.05, 0) is 18.2 Å². The Kier molecular flexibility index (Phi) is 5.52. The molecule has 0 aliphatic carbocycles. The zero-order valence-electron chi connectivity index (χ0n) is 17.3. The van der Waals surface area contributed by atoms with Crippen LogP contribution in [0.25, 0.3) is 27.5 Å². The van der Waals surface area contributed by atoms with E-state index in [2.05, 4.69) is 11.6 Å². The van der Waals surface area contributed by atoms with E-state index in [1.807, 2.05) is 0 Å². The molecular formula is C20H15F3N4O5S2. The number of benzene rings is 1. The Hall–Kier alpha value is -3.65. The molecule has 0 saturated heterocycles. The molecule has 0 saturated carbocycles.